The molecule has 0 spiro atoms. The van der Waals surface area contributed by atoms with Crippen LogP contribution in [0, 0.1) is 0 Å². The minimum atomic E-state index is -0.673. The van der Waals surface area contributed by atoms with Gasteiger partial charge < -0.3 is 15.8 Å². The van der Waals surface area contributed by atoms with E-state index in [1.54, 1.807) is 14.0 Å². The van der Waals surface area contributed by atoms with Crippen LogP contribution in [0.2, 0.25) is 0 Å². The van der Waals surface area contributed by atoms with E-state index in [9.17, 15) is 9.59 Å². The summed E-state index contributed by atoms with van der Waals surface area (Å²) in [6.07, 6.45) is -0.683. The van der Waals surface area contributed by atoms with Crippen molar-refractivity contribution >= 4 is 11.9 Å². The minimum Gasteiger partial charge on any atom is -0.467 e. The van der Waals surface area contributed by atoms with Gasteiger partial charge in [0.2, 0.25) is 5.91 Å². The molecule has 0 aromatic rings. The lowest BCUT2D eigenvalue weighted by Crippen LogP contribution is -2.47. The normalized spacial score (nSPS) is 27.5. The van der Waals surface area contributed by atoms with Crippen LogP contribution >= 0.6 is 0 Å². The summed E-state index contributed by atoms with van der Waals surface area (Å²) >= 11 is 0. The molecule has 7 nitrogen and oxygen atoms in total. The molecule has 1 amide bonds. The maximum Gasteiger partial charge on any atom is 0.337 e. The van der Waals surface area contributed by atoms with Gasteiger partial charge in [-0.1, -0.05) is 0 Å². The van der Waals surface area contributed by atoms with E-state index >= 15 is 0 Å². The first-order chi connectivity index (χ1) is 7.45. The Hall–Kier alpha value is -1.18. The quantitative estimate of drug-likeness (QED) is 0.579. The van der Waals surface area contributed by atoms with Gasteiger partial charge in [0.25, 0.3) is 0 Å². The Morgan fingerprint density at radius 3 is 2.75 bits per heavy atom. The first-order valence-electron chi connectivity index (χ1n) is 4.99. The van der Waals surface area contributed by atoms with Crippen LogP contribution in [-0.4, -0.2) is 49.4 Å². The van der Waals surface area contributed by atoms with Gasteiger partial charge >= 0.3 is 5.97 Å². The number of nitrogens with two attached hydrogens (primary N) is 1. The van der Waals surface area contributed by atoms with E-state index in [1.165, 1.54) is 12.2 Å². The third-order valence-electron chi connectivity index (χ3n) is 2.36. The summed E-state index contributed by atoms with van der Waals surface area (Å²) in [6.45, 7) is 1.59. The van der Waals surface area contributed by atoms with E-state index in [0.29, 0.717) is 6.42 Å². The lowest BCUT2D eigenvalue weighted by molar-refractivity contribution is -0.180. The molecule has 0 aromatic heterocycles. The number of rotatable bonds is 3. The van der Waals surface area contributed by atoms with Gasteiger partial charge in [-0.2, -0.15) is 5.06 Å². The molecule has 0 aromatic carbocycles. The molecule has 1 fully saturated rings. The first-order valence-corrected chi connectivity index (χ1v) is 4.99. The molecule has 16 heavy (non-hydrogen) atoms. The van der Waals surface area contributed by atoms with Crippen molar-refractivity contribution < 1.29 is 19.2 Å². The van der Waals surface area contributed by atoms with Gasteiger partial charge in [0, 0.05) is 13.5 Å². The van der Waals surface area contributed by atoms with E-state index in [-0.39, 0.29) is 12.1 Å². The van der Waals surface area contributed by atoms with Crippen molar-refractivity contribution in [3.8, 4) is 0 Å². The summed E-state index contributed by atoms with van der Waals surface area (Å²) in [6, 6.07) is -0.592. The van der Waals surface area contributed by atoms with Gasteiger partial charge in [0.05, 0.1) is 13.2 Å². The fraction of sp³-hybridized carbons (Fsp3) is 0.778. The van der Waals surface area contributed by atoms with Crippen LogP contribution < -0.4 is 11.1 Å². The van der Waals surface area contributed by atoms with Gasteiger partial charge in [-0.3, -0.25) is 9.63 Å². The highest BCUT2D eigenvalue weighted by Gasteiger charge is 2.37. The van der Waals surface area contributed by atoms with E-state index in [2.05, 4.69) is 10.1 Å². The minimum absolute atomic E-state index is 0.286. The predicted octanol–water partition coefficient (Wildman–Crippen LogP) is -1.42. The molecule has 0 bridgehead atoms. The standard InChI is InChI=1S/C9H17N3O4/c1-5(10)8(13)11-7-4-6(9(14)15-3)16-12(7)2/h5-7H,4,10H2,1-3H3,(H,11,13)/t5-,6+,7+/m0/s1. The molecule has 0 unspecified atom stereocenters. The highest BCUT2D eigenvalue weighted by molar-refractivity contribution is 5.81. The van der Waals surface area contributed by atoms with E-state index in [0.717, 1.165) is 0 Å². The summed E-state index contributed by atoms with van der Waals surface area (Å²) in [7, 11) is 2.93. The van der Waals surface area contributed by atoms with Crippen molar-refractivity contribution in [3.05, 3.63) is 0 Å². The van der Waals surface area contributed by atoms with Crippen molar-refractivity contribution in [2.24, 2.45) is 5.73 Å². The Labute approximate surface area is 93.8 Å². The third-order valence-corrected chi connectivity index (χ3v) is 2.36. The lowest BCUT2D eigenvalue weighted by atomic mass is 10.2. The zero-order valence-electron chi connectivity index (χ0n) is 9.60. The fourth-order valence-corrected chi connectivity index (χ4v) is 1.38. The van der Waals surface area contributed by atoms with Crippen LogP contribution in [0.25, 0.3) is 0 Å². The molecule has 0 saturated carbocycles. The largest absolute Gasteiger partial charge is 0.467 e. The molecule has 0 radical (unpaired) electrons. The second-order valence-corrected chi connectivity index (χ2v) is 3.71. The molecule has 3 N–H and O–H groups in total. The fourth-order valence-electron chi connectivity index (χ4n) is 1.38. The molecule has 1 saturated heterocycles. The maximum atomic E-state index is 11.4. The predicted molar refractivity (Wildman–Crippen MR) is 54.8 cm³/mol. The van der Waals surface area contributed by atoms with Crippen LogP contribution in [0.4, 0.5) is 0 Å². The second-order valence-electron chi connectivity index (χ2n) is 3.71. The number of hydroxylamine groups is 2. The average molecular weight is 231 g/mol. The molecular formula is C9H17N3O4. The monoisotopic (exact) mass is 231 g/mol. The summed E-state index contributed by atoms with van der Waals surface area (Å²) < 4.78 is 4.56. The van der Waals surface area contributed by atoms with Crippen molar-refractivity contribution in [1.29, 1.82) is 0 Å². The first kappa shape index (κ1) is 12.9. The van der Waals surface area contributed by atoms with Crippen LogP contribution in [0.3, 0.4) is 0 Å². The second kappa shape index (κ2) is 5.24. The molecule has 0 aliphatic carbocycles. The van der Waals surface area contributed by atoms with Crippen LogP contribution in [0.1, 0.15) is 13.3 Å². The Kier molecular flexibility index (Phi) is 4.22. The molecule has 1 rings (SSSR count). The van der Waals surface area contributed by atoms with Gasteiger partial charge in [-0.25, -0.2) is 4.79 Å². The van der Waals surface area contributed by atoms with Gasteiger partial charge in [0.15, 0.2) is 6.10 Å². The van der Waals surface area contributed by atoms with E-state index < -0.39 is 18.1 Å². The maximum absolute atomic E-state index is 11.4. The molecule has 92 valence electrons. The Morgan fingerprint density at radius 1 is 1.62 bits per heavy atom. The van der Waals surface area contributed by atoms with Crippen molar-refractivity contribution in [2.45, 2.75) is 31.7 Å². The Morgan fingerprint density at radius 2 is 2.25 bits per heavy atom. The van der Waals surface area contributed by atoms with Gasteiger partial charge in [-0.15, -0.1) is 0 Å². The highest BCUT2D eigenvalue weighted by Crippen LogP contribution is 2.18. The van der Waals surface area contributed by atoms with Gasteiger partial charge in [-0.05, 0) is 6.92 Å². The van der Waals surface area contributed by atoms with E-state index in [1.807, 2.05) is 0 Å². The number of methoxy groups -OCH3 is 1. The Bertz CT molecular complexity index is 282. The molecular weight excluding hydrogens is 214 g/mol. The molecule has 7 heteroatoms. The van der Waals surface area contributed by atoms with Crippen LogP contribution in [-0.2, 0) is 19.2 Å². The van der Waals surface area contributed by atoms with Crippen molar-refractivity contribution in [3.63, 3.8) is 0 Å². The van der Waals surface area contributed by atoms with Gasteiger partial charge in [0.1, 0.15) is 6.17 Å². The molecule has 3 atom stereocenters. The van der Waals surface area contributed by atoms with Crippen molar-refractivity contribution in [1.82, 2.24) is 10.4 Å². The number of ether oxygens (including phenoxy) is 1. The number of hydrogen-bond donors (Lipinski definition) is 2. The smallest absolute Gasteiger partial charge is 0.337 e. The summed E-state index contributed by atoms with van der Waals surface area (Å²) in [4.78, 5) is 27.8. The number of nitrogens with one attached hydrogen (secondary N) is 1. The topological polar surface area (TPSA) is 93.9 Å². The lowest BCUT2D eigenvalue weighted by Gasteiger charge is -2.19. The van der Waals surface area contributed by atoms with Crippen LogP contribution in [0.5, 0.6) is 0 Å². The number of esters is 1. The number of amides is 1. The summed E-state index contributed by atoms with van der Waals surface area (Å²) in [5, 5.41) is 4.08. The number of hydrogen-bond acceptors (Lipinski definition) is 6. The average Bonchev–Trinajstić information content (AvgIpc) is 2.59. The van der Waals surface area contributed by atoms with Crippen molar-refractivity contribution in [2.75, 3.05) is 14.2 Å². The summed E-state index contributed by atoms with van der Waals surface area (Å²) in [5.41, 5.74) is 5.42. The molecule has 1 aliphatic heterocycles. The zero-order valence-corrected chi connectivity index (χ0v) is 9.60. The Balaban J connectivity index is 2.51. The van der Waals surface area contributed by atoms with Crippen LogP contribution in [0.15, 0.2) is 0 Å². The highest BCUT2D eigenvalue weighted by atomic mass is 16.7. The third kappa shape index (κ3) is 2.91. The zero-order chi connectivity index (χ0) is 12.3. The molecule has 1 aliphatic rings. The summed E-state index contributed by atoms with van der Waals surface area (Å²) in [5.74, 6) is -0.740. The molecule has 1 heterocycles. The number of nitrogens with zero attached hydrogens (tertiary/aromatic N) is 1. The SMILES string of the molecule is COC(=O)[C@H]1C[C@H](NC(=O)[C@H](C)N)N(C)O1. The number of carbonyl (C=O) groups is 2. The van der Waals surface area contributed by atoms with E-state index in [4.69, 9.17) is 10.6 Å². The number of carbonyl (C=O) groups excluding carboxylic acids is 2.